The highest BCUT2D eigenvalue weighted by Crippen LogP contribution is 2.23. The number of fused-ring (bicyclic) bond motifs is 1. The molecule has 0 aromatic heterocycles. The molecular weight excluding hydrogens is 507 g/mol. The summed E-state index contributed by atoms with van der Waals surface area (Å²) in [6.45, 7) is 6.39. The lowest BCUT2D eigenvalue weighted by molar-refractivity contribution is -0.143. The van der Waals surface area contributed by atoms with Crippen LogP contribution in [0.25, 0.3) is 0 Å². The minimum Gasteiger partial charge on any atom is -0.460 e. The molecule has 0 spiro atoms. The first-order valence-corrected chi connectivity index (χ1v) is 15.1. The average molecular weight is 549 g/mol. The predicted molar refractivity (Wildman–Crippen MR) is 157 cm³/mol. The standard InChI is InChI=1S/C22H27BN2O5S.C3H8.C2H6S/c1-14-18(7-6-16-10-23(30-28)21(14)16)22(27)24-11-20(26)29-13-15-5-8-19(31-4)17(9-15)12-25(2)3;2*1-3-2/h5-9,28H,10-13H2,1-4H3,(H,24,27);3H2,1-2H3;1-2H3. The Morgan fingerprint density at radius 3 is 2.35 bits per heavy atom. The number of nitrogens with one attached hydrogen (secondary N) is 1. The van der Waals surface area contributed by atoms with Gasteiger partial charge in [-0.25, -0.2) is 0 Å². The van der Waals surface area contributed by atoms with Crippen LogP contribution in [-0.4, -0.2) is 68.4 Å². The van der Waals surface area contributed by atoms with Gasteiger partial charge in [0.2, 0.25) is 0 Å². The molecule has 7 nitrogen and oxygen atoms in total. The van der Waals surface area contributed by atoms with E-state index in [0.717, 1.165) is 28.7 Å². The Labute approximate surface area is 231 Å². The monoisotopic (exact) mass is 548 g/mol. The van der Waals surface area contributed by atoms with E-state index in [0.29, 0.717) is 11.9 Å². The van der Waals surface area contributed by atoms with Crippen LogP contribution in [-0.2, 0) is 33.8 Å². The highest BCUT2D eigenvalue weighted by Gasteiger charge is 2.36. The second-order valence-corrected chi connectivity index (χ2v) is 10.6. The lowest BCUT2D eigenvalue weighted by Gasteiger charge is -2.27. The fourth-order valence-corrected chi connectivity index (χ4v) is 4.36. The minimum atomic E-state index is -0.505. The highest BCUT2D eigenvalue weighted by molar-refractivity contribution is 7.98. The molecule has 1 aliphatic heterocycles. The summed E-state index contributed by atoms with van der Waals surface area (Å²) in [6, 6.07) is 9.59. The Morgan fingerprint density at radius 1 is 1.14 bits per heavy atom. The molecule has 0 fully saturated rings. The Morgan fingerprint density at radius 2 is 1.78 bits per heavy atom. The second kappa shape index (κ2) is 17.5. The number of rotatable bonds is 9. The molecule has 2 aromatic rings. The average Bonchev–Trinajstić information content (AvgIpc) is 2.83. The van der Waals surface area contributed by atoms with E-state index in [2.05, 4.69) is 28.9 Å². The van der Waals surface area contributed by atoms with Crippen molar-refractivity contribution in [1.82, 2.24) is 10.2 Å². The smallest absolute Gasteiger partial charge is 0.377 e. The van der Waals surface area contributed by atoms with Crippen molar-refractivity contribution in [3.05, 3.63) is 58.1 Å². The minimum absolute atomic E-state index is 0.150. The molecule has 0 bridgehead atoms. The van der Waals surface area contributed by atoms with Gasteiger partial charge in [0.05, 0.1) is 0 Å². The molecule has 2 aromatic carbocycles. The van der Waals surface area contributed by atoms with Crippen LogP contribution in [0.2, 0.25) is 0 Å². The highest BCUT2D eigenvalue weighted by atomic mass is 32.2. The van der Waals surface area contributed by atoms with E-state index in [4.69, 9.17) is 9.99 Å². The van der Waals surface area contributed by atoms with E-state index < -0.39 is 12.9 Å². The van der Waals surface area contributed by atoms with Crippen LogP contribution in [0.4, 0.5) is 0 Å². The number of hydrogen-bond donors (Lipinski definition) is 2. The van der Waals surface area contributed by atoms with Crippen LogP contribution in [0.1, 0.15) is 52.9 Å². The Bertz CT molecular complexity index is 1020. The molecule has 37 heavy (non-hydrogen) atoms. The fourth-order valence-electron chi connectivity index (χ4n) is 3.77. The van der Waals surface area contributed by atoms with Crippen LogP contribution in [0, 0.1) is 6.92 Å². The molecule has 1 amide bonds. The number of thioether (sulfide) groups is 2. The van der Waals surface area contributed by atoms with Gasteiger partial charge in [-0.3, -0.25) is 14.8 Å². The van der Waals surface area contributed by atoms with Crippen LogP contribution in [0.3, 0.4) is 0 Å². The zero-order valence-electron chi connectivity index (χ0n) is 23.3. The Hall–Kier alpha value is -1.98. The van der Waals surface area contributed by atoms with Gasteiger partial charge in [-0.1, -0.05) is 38.0 Å². The van der Waals surface area contributed by atoms with Gasteiger partial charge in [-0.2, -0.15) is 11.8 Å². The summed E-state index contributed by atoms with van der Waals surface area (Å²) in [5.74, 6) is -0.868. The van der Waals surface area contributed by atoms with Crippen LogP contribution in [0.15, 0.2) is 35.2 Å². The van der Waals surface area contributed by atoms with Gasteiger partial charge in [0, 0.05) is 17.0 Å². The molecule has 3 rings (SSSR count). The van der Waals surface area contributed by atoms with E-state index in [-0.39, 0.29) is 19.1 Å². The van der Waals surface area contributed by atoms with Crippen LogP contribution < -0.4 is 10.8 Å². The molecule has 204 valence electrons. The Kier molecular flexibility index (Phi) is 15.6. The molecule has 0 saturated carbocycles. The normalized spacial score (nSPS) is 11.4. The number of ether oxygens (including phenoxy) is 1. The van der Waals surface area contributed by atoms with Gasteiger partial charge in [0.25, 0.3) is 5.91 Å². The molecule has 0 atom stereocenters. The van der Waals surface area contributed by atoms with E-state index >= 15 is 0 Å². The number of benzene rings is 2. The number of amides is 1. The lowest BCUT2D eigenvalue weighted by Crippen LogP contribution is -2.50. The van der Waals surface area contributed by atoms with Gasteiger partial charge < -0.3 is 19.8 Å². The first kappa shape index (κ1) is 33.1. The largest absolute Gasteiger partial charge is 0.460 e. The summed E-state index contributed by atoms with van der Waals surface area (Å²) in [6.07, 6.45) is 7.99. The number of carbonyl (C=O) groups excluding carboxylic acids is 2. The third-order valence-electron chi connectivity index (χ3n) is 5.33. The number of nitrogens with zero attached hydrogens (tertiary/aromatic N) is 1. The topological polar surface area (TPSA) is 88.1 Å². The molecular formula is C27H41BN2O5S2. The van der Waals surface area contributed by atoms with Gasteiger partial charge in [-0.15, -0.1) is 11.8 Å². The van der Waals surface area contributed by atoms with Crippen molar-refractivity contribution in [2.45, 2.75) is 51.6 Å². The maximum atomic E-state index is 12.5. The quantitative estimate of drug-likeness (QED) is 0.157. The number of esters is 1. The van der Waals surface area contributed by atoms with E-state index in [1.165, 1.54) is 16.9 Å². The first-order chi connectivity index (χ1) is 17.7. The van der Waals surface area contributed by atoms with Crippen LogP contribution in [0.5, 0.6) is 0 Å². The van der Waals surface area contributed by atoms with Gasteiger partial charge in [-0.05, 0) is 86.5 Å². The number of hydrogen-bond acceptors (Lipinski definition) is 8. The maximum absolute atomic E-state index is 12.5. The lowest BCUT2D eigenvalue weighted by atomic mass is 9.44. The van der Waals surface area contributed by atoms with Crippen molar-refractivity contribution < 1.29 is 24.4 Å². The van der Waals surface area contributed by atoms with Crippen molar-refractivity contribution in [3.8, 4) is 0 Å². The summed E-state index contributed by atoms with van der Waals surface area (Å²) in [7, 11) is 4.02. The van der Waals surface area contributed by atoms with Gasteiger partial charge >= 0.3 is 12.9 Å². The summed E-state index contributed by atoms with van der Waals surface area (Å²) in [5.41, 5.74) is 5.17. The van der Waals surface area contributed by atoms with Crippen molar-refractivity contribution in [2.75, 3.05) is 39.4 Å². The molecule has 0 saturated heterocycles. The van der Waals surface area contributed by atoms with Crippen molar-refractivity contribution in [3.63, 3.8) is 0 Å². The van der Waals surface area contributed by atoms with Crippen molar-refractivity contribution >= 4 is 47.8 Å². The summed E-state index contributed by atoms with van der Waals surface area (Å²) >= 11 is 3.43. The van der Waals surface area contributed by atoms with Crippen LogP contribution >= 0.6 is 23.5 Å². The molecule has 1 heterocycles. The van der Waals surface area contributed by atoms with Gasteiger partial charge in [0.1, 0.15) is 13.2 Å². The number of carbonyl (C=O) groups is 2. The first-order valence-electron chi connectivity index (χ1n) is 12.2. The SMILES string of the molecule is CCC.CSC.CSc1ccc(COC(=O)CNC(=O)c2ccc3c(c2C)B(OO)C3)cc1CN(C)C. The fraction of sp³-hybridized carbons (Fsp3) is 0.481. The summed E-state index contributed by atoms with van der Waals surface area (Å²) in [5, 5.41) is 11.5. The molecule has 10 heteroatoms. The molecule has 0 unspecified atom stereocenters. The predicted octanol–water partition coefficient (Wildman–Crippen LogP) is 4.43. The third-order valence-corrected chi connectivity index (χ3v) is 6.17. The second-order valence-electron chi connectivity index (χ2n) is 8.95. The van der Waals surface area contributed by atoms with Crippen molar-refractivity contribution in [2.24, 2.45) is 0 Å². The molecule has 2 N–H and O–H groups in total. The zero-order valence-corrected chi connectivity index (χ0v) is 25.0. The van der Waals surface area contributed by atoms with Gasteiger partial charge in [0.15, 0.2) is 0 Å². The molecule has 0 radical (unpaired) electrons. The molecule has 0 aliphatic carbocycles. The van der Waals surface area contributed by atoms with E-state index in [1.807, 2.05) is 57.1 Å². The maximum Gasteiger partial charge on any atom is 0.377 e. The third kappa shape index (κ3) is 10.4. The Balaban J connectivity index is 0.00000104. The summed E-state index contributed by atoms with van der Waals surface area (Å²) in [4.78, 5) is 32.4. The van der Waals surface area contributed by atoms with Crippen molar-refractivity contribution in [1.29, 1.82) is 0 Å². The summed E-state index contributed by atoms with van der Waals surface area (Å²) < 4.78 is 5.34. The van der Waals surface area contributed by atoms with E-state index in [1.54, 1.807) is 36.5 Å². The molecule has 1 aliphatic rings. The van der Waals surface area contributed by atoms with E-state index in [9.17, 15) is 9.59 Å². The zero-order chi connectivity index (χ0) is 28.0.